The number of carbonyl (C=O) groups is 1. The Morgan fingerprint density at radius 3 is 2.79 bits per heavy atom. The third kappa shape index (κ3) is 2.76. The summed E-state index contributed by atoms with van der Waals surface area (Å²) in [5.74, 6) is 0.405. The van der Waals surface area contributed by atoms with Crippen molar-refractivity contribution in [2.75, 3.05) is 0 Å². The lowest BCUT2D eigenvalue weighted by atomic mass is 10.1. The molecule has 14 heavy (non-hydrogen) atoms. The summed E-state index contributed by atoms with van der Waals surface area (Å²) >= 11 is 10.9. The molecule has 0 unspecified atom stereocenters. The van der Waals surface area contributed by atoms with Gasteiger partial charge < -0.3 is 4.74 Å². The SMILES string of the molecule is Cc1ccc(C=O)c(O/C(Cl)=C\Cl)c1. The van der Waals surface area contributed by atoms with E-state index in [1.165, 1.54) is 0 Å². The summed E-state index contributed by atoms with van der Waals surface area (Å²) in [5.41, 5.74) is 2.51. The third-order valence-electron chi connectivity index (χ3n) is 1.59. The lowest BCUT2D eigenvalue weighted by Gasteiger charge is -2.06. The van der Waals surface area contributed by atoms with Crippen LogP contribution < -0.4 is 4.74 Å². The molecule has 1 aromatic carbocycles. The molecular formula is C10H8Cl2O2. The van der Waals surface area contributed by atoms with Gasteiger partial charge in [-0.2, -0.15) is 0 Å². The fourth-order valence-electron chi connectivity index (χ4n) is 0.955. The Bertz CT molecular complexity index is 372. The quantitative estimate of drug-likeness (QED) is 0.588. The van der Waals surface area contributed by atoms with E-state index in [1.54, 1.807) is 12.1 Å². The minimum absolute atomic E-state index is 0.0281. The van der Waals surface area contributed by atoms with Crippen LogP contribution in [0.1, 0.15) is 15.9 Å². The van der Waals surface area contributed by atoms with Crippen molar-refractivity contribution >= 4 is 29.5 Å². The monoisotopic (exact) mass is 230 g/mol. The van der Waals surface area contributed by atoms with Gasteiger partial charge in [-0.15, -0.1) is 0 Å². The molecule has 1 rings (SSSR count). The summed E-state index contributed by atoms with van der Waals surface area (Å²) in [6, 6.07) is 5.19. The van der Waals surface area contributed by atoms with Crippen molar-refractivity contribution in [3.63, 3.8) is 0 Å². The molecule has 4 heteroatoms. The van der Waals surface area contributed by atoms with Gasteiger partial charge in [0.2, 0.25) is 5.22 Å². The van der Waals surface area contributed by atoms with Gasteiger partial charge in [-0.1, -0.05) is 17.7 Å². The molecule has 0 heterocycles. The van der Waals surface area contributed by atoms with Gasteiger partial charge in [0.05, 0.1) is 11.1 Å². The summed E-state index contributed by atoms with van der Waals surface area (Å²) in [5, 5.41) is 0.0281. The number of hydrogen-bond acceptors (Lipinski definition) is 2. The summed E-state index contributed by atoms with van der Waals surface area (Å²) in [7, 11) is 0. The zero-order valence-electron chi connectivity index (χ0n) is 7.46. The number of hydrogen-bond donors (Lipinski definition) is 0. The Morgan fingerprint density at radius 1 is 1.50 bits per heavy atom. The highest BCUT2D eigenvalue weighted by atomic mass is 35.5. The zero-order chi connectivity index (χ0) is 10.6. The van der Waals surface area contributed by atoms with Crippen molar-refractivity contribution in [2.45, 2.75) is 6.92 Å². The van der Waals surface area contributed by atoms with Gasteiger partial charge in [0, 0.05) is 0 Å². The third-order valence-corrected chi connectivity index (χ3v) is 2.09. The maximum atomic E-state index is 10.6. The van der Waals surface area contributed by atoms with E-state index in [-0.39, 0.29) is 5.22 Å². The normalized spacial score (nSPS) is 11.2. The van der Waals surface area contributed by atoms with E-state index >= 15 is 0 Å². The second-order valence-electron chi connectivity index (χ2n) is 2.67. The highest BCUT2D eigenvalue weighted by Gasteiger charge is 2.04. The molecule has 0 aromatic heterocycles. The summed E-state index contributed by atoms with van der Waals surface area (Å²) in [6.07, 6.45) is 0.702. The number of aldehydes is 1. The molecule has 0 radical (unpaired) electrons. The highest BCUT2D eigenvalue weighted by molar-refractivity contribution is 6.35. The molecule has 0 spiro atoms. The molecule has 0 aliphatic carbocycles. The second-order valence-corrected chi connectivity index (χ2v) is 3.27. The van der Waals surface area contributed by atoms with Crippen LogP contribution in [0, 0.1) is 6.92 Å². The summed E-state index contributed by atoms with van der Waals surface area (Å²) in [4.78, 5) is 10.6. The first-order valence-corrected chi connectivity index (χ1v) is 4.68. The second kappa shape index (κ2) is 5.03. The molecule has 0 atom stereocenters. The first kappa shape index (κ1) is 11.1. The fraction of sp³-hybridized carbons (Fsp3) is 0.100. The van der Waals surface area contributed by atoms with Crippen LogP contribution in [0.4, 0.5) is 0 Å². The van der Waals surface area contributed by atoms with E-state index in [2.05, 4.69) is 0 Å². The highest BCUT2D eigenvalue weighted by Crippen LogP contribution is 2.22. The average Bonchev–Trinajstić information content (AvgIpc) is 2.18. The Kier molecular flexibility index (Phi) is 3.98. The molecule has 0 N–H and O–H groups in total. The molecule has 0 aliphatic rings. The predicted molar refractivity (Wildman–Crippen MR) is 57.0 cm³/mol. The van der Waals surface area contributed by atoms with Crippen LogP contribution in [0.2, 0.25) is 0 Å². The van der Waals surface area contributed by atoms with Gasteiger partial charge >= 0.3 is 0 Å². The average molecular weight is 231 g/mol. The van der Waals surface area contributed by atoms with Crippen molar-refractivity contribution in [2.24, 2.45) is 0 Å². The topological polar surface area (TPSA) is 26.3 Å². The van der Waals surface area contributed by atoms with Crippen molar-refractivity contribution in [3.8, 4) is 5.75 Å². The predicted octanol–water partition coefficient (Wildman–Crippen LogP) is 3.46. The number of carbonyl (C=O) groups excluding carboxylic acids is 1. The maximum Gasteiger partial charge on any atom is 0.205 e. The molecule has 74 valence electrons. The van der Waals surface area contributed by atoms with Gasteiger partial charge in [0.15, 0.2) is 6.29 Å². The van der Waals surface area contributed by atoms with Crippen molar-refractivity contribution in [1.29, 1.82) is 0 Å². The lowest BCUT2D eigenvalue weighted by Crippen LogP contribution is -1.93. The largest absolute Gasteiger partial charge is 0.444 e. The van der Waals surface area contributed by atoms with Gasteiger partial charge in [-0.3, -0.25) is 4.79 Å². The van der Waals surface area contributed by atoms with Gasteiger partial charge in [-0.05, 0) is 36.2 Å². The van der Waals surface area contributed by atoms with E-state index in [1.807, 2.05) is 13.0 Å². The first-order chi connectivity index (χ1) is 6.67. The van der Waals surface area contributed by atoms with Crippen LogP contribution in [-0.2, 0) is 0 Å². The molecule has 0 amide bonds. The van der Waals surface area contributed by atoms with Crippen LogP contribution in [0.15, 0.2) is 29.0 Å². The van der Waals surface area contributed by atoms with E-state index in [9.17, 15) is 4.79 Å². The fourth-order valence-corrected chi connectivity index (χ4v) is 1.08. The molecular weight excluding hydrogens is 223 g/mol. The number of aryl methyl sites for hydroxylation is 1. The van der Waals surface area contributed by atoms with Gasteiger partial charge in [0.1, 0.15) is 5.75 Å². The Hall–Kier alpha value is -0.990. The zero-order valence-corrected chi connectivity index (χ0v) is 8.97. The maximum absolute atomic E-state index is 10.6. The number of rotatable bonds is 3. The van der Waals surface area contributed by atoms with Crippen LogP contribution in [0.3, 0.4) is 0 Å². The molecule has 2 nitrogen and oxygen atoms in total. The first-order valence-electron chi connectivity index (χ1n) is 3.87. The lowest BCUT2D eigenvalue weighted by molar-refractivity contribution is 0.112. The molecule has 1 aromatic rings. The Balaban J connectivity index is 3.04. The molecule has 0 saturated heterocycles. The molecule has 0 saturated carbocycles. The number of ether oxygens (including phenoxy) is 1. The Labute approximate surface area is 92.1 Å². The molecule has 0 aliphatic heterocycles. The van der Waals surface area contributed by atoms with Crippen LogP contribution in [-0.4, -0.2) is 6.29 Å². The van der Waals surface area contributed by atoms with Crippen LogP contribution in [0.25, 0.3) is 0 Å². The number of benzene rings is 1. The van der Waals surface area contributed by atoms with Crippen molar-refractivity contribution < 1.29 is 9.53 Å². The van der Waals surface area contributed by atoms with E-state index in [0.717, 1.165) is 11.1 Å². The number of halogens is 2. The van der Waals surface area contributed by atoms with Crippen molar-refractivity contribution in [3.05, 3.63) is 40.1 Å². The molecule has 0 bridgehead atoms. The summed E-state index contributed by atoms with van der Waals surface area (Å²) in [6.45, 7) is 1.89. The summed E-state index contributed by atoms with van der Waals surface area (Å²) < 4.78 is 5.13. The minimum Gasteiger partial charge on any atom is -0.444 e. The van der Waals surface area contributed by atoms with E-state index in [0.29, 0.717) is 17.6 Å². The van der Waals surface area contributed by atoms with E-state index in [4.69, 9.17) is 27.9 Å². The van der Waals surface area contributed by atoms with Crippen LogP contribution in [0.5, 0.6) is 5.75 Å². The molecule has 0 fully saturated rings. The standard InChI is InChI=1S/C10H8Cl2O2/c1-7-2-3-8(6-13)9(4-7)14-10(12)5-11/h2-6H,1H3/b10-5-. The smallest absolute Gasteiger partial charge is 0.205 e. The van der Waals surface area contributed by atoms with Gasteiger partial charge in [0.25, 0.3) is 0 Å². The van der Waals surface area contributed by atoms with Gasteiger partial charge in [-0.25, -0.2) is 0 Å². The van der Waals surface area contributed by atoms with Crippen LogP contribution >= 0.6 is 23.2 Å². The van der Waals surface area contributed by atoms with Crippen molar-refractivity contribution in [1.82, 2.24) is 0 Å². The Morgan fingerprint density at radius 2 is 2.21 bits per heavy atom. The van der Waals surface area contributed by atoms with E-state index < -0.39 is 0 Å². The minimum atomic E-state index is 0.0281.